The number of nitrogens with one attached hydrogen (secondary N) is 1. The summed E-state index contributed by atoms with van der Waals surface area (Å²) >= 11 is 0. The van der Waals surface area contributed by atoms with Crippen molar-refractivity contribution < 1.29 is 27.5 Å². The fraction of sp³-hybridized carbons (Fsp3) is 0.818. The summed E-state index contributed by atoms with van der Waals surface area (Å²) in [6, 6.07) is 0. The largest absolute Gasteiger partial charge is 0.460 e. The van der Waals surface area contributed by atoms with Gasteiger partial charge in [0.25, 0.3) is 0 Å². The third kappa shape index (κ3) is 11.2. The van der Waals surface area contributed by atoms with E-state index in [0.717, 1.165) is 0 Å². The van der Waals surface area contributed by atoms with Crippen LogP contribution in [0.2, 0.25) is 0 Å². The van der Waals surface area contributed by atoms with Gasteiger partial charge in [0, 0.05) is 13.0 Å². The van der Waals surface area contributed by atoms with Gasteiger partial charge in [-0.25, -0.2) is 0 Å². The highest BCUT2D eigenvalue weighted by Gasteiger charge is 2.26. The van der Waals surface area contributed by atoms with Crippen molar-refractivity contribution in [2.24, 2.45) is 0 Å². The Kier molecular flexibility index (Phi) is 6.14. The summed E-state index contributed by atoms with van der Waals surface area (Å²) in [5.74, 6) is -1.14. The van der Waals surface area contributed by atoms with Crippen LogP contribution in [0.5, 0.6) is 0 Å². The molecule has 0 bridgehead atoms. The lowest BCUT2D eigenvalue weighted by atomic mass is 10.2. The molecule has 0 spiro atoms. The van der Waals surface area contributed by atoms with Crippen LogP contribution in [0.3, 0.4) is 0 Å². The zero-order valence-electron chi connectivity index (χ0n) is 10.7. The molecular weight excluding hydrogens is 251 g/mol. The Bertz CT molecular complexity index is 295. The van der Waals surface area contributed by atoms with E-state index < -0.39 is 36.6 Å². The molecule has 0 aromatic heterocycles. The minimum atomic E-state index is -4.29. The van der Waals surface area contributed by atoms with Crippen molar-refractivity contribution in [3.8, 4) is 0 Å². The number of ether oxygens (including phenoxy) is 1. The van der Waals surface area contributed by atoms with Gasteiger partial charge in [-0.2, -0.15) is 13.2 Å². The summed E-state index contributed by atoms with van der Waals surface area (Å²) < 4.78 is 40.3. The average molecular weight is 269 g/mol. The number of rotatable bonds is 5. The molecule has 0 aliphatic rings. The molecule has 0 fully saturated rings. The minimum Gasteiger partial charge on any atom is -0.460 e. The van der Waals surface area contributed by atoms with Crippen LogP contribution in [0.1, 0.15) is 40.0 Å². The molecule has 0 saturated heterocycles. The number of halogens is 3. The maximum atomic E-state index is 11.8. The molecule has 18 heavy (non-hydrogen) atoms. The summed E-state index contributed by atoms with van der Waals surface area (Å²) in [6.07, 6.45) is -5.69. The molecular formula is C11H18F3NO3. The first kappa shape index (κ1) is 16.7. The fourth-order valence-electron chi connectivity index (χ4n) is 1.04. The van der Waals surface area contributed by atoms with Gasteiger partial charge < -0.3 is 10.1 Å². The molecule has 1 N–H and O–H groups in total. The van der Waals surface area contributed by atoms with E-state index in [1.54, 1.807) is 20.8 Å². The summed E-state index contributed by atoms with van der Waals surface area (Å²) in [5, 5.41) is 2.09. The van der Waals surface area contributed by atoms with Crippen LogP contribution in [-0.2, 0) is 14.3 Å². The van der Waals surface area contributed by atoms with Crippen LogP contribution in [0.15, 0.2) is 0 Å². The number of alkyl halides is 3. The van der Waals surface area contributed by atoms with Crippen molar-refractivity contribution in [3.63, 3.8) is 0 Å². The molecule has 0 atom stereocenters. The molecule has 0 saturated carbocycles. The van der Waals surface area contributed by atoms with Gasteiger partial charge in [0.15, 0.2) is 0 Å². The number of amides is 1. The highest BCUT2D eigenvalue weighted by atomic mass is 19.4. The summed E-state index contributed by atoms with van der Waals surface area (Å²) in [4.78, 5) is 22.3. The Morgan fingerprint density at radius 1 is 1.11 bits per heavy atom. The molecule has 1 amide bonds. The highest BCUT2D eigenvalue weighted by Crippen LogP contribution is 2.18. The molecule has 0 aromatic rings. The highest BCUT2D eigenvalue weighted by molar-refractivity contribution is 5.81. The second-order valence-corrected chi connectivity index (χ2v) is 4.80. The molecule has 0 rings (SSSR count). The van der Waals surface area contributed by atoms with E-state index in [4.69, 9.17) is 4.74 Å². The second kappa shape index (κ2) is 6.61. The first-order valence-electron chi connectivity index (χ1n) is 5.55. The van der Waals surface area contributed by atoms with Gasteiger partial charge in [0.05, 0.1) is 12.8 Å². The first-order valence-corrected chi connectivity index (χ1v) is 5.55. The van der Waals surface area contributed by atoms with Crippen molar-refractivity contribution >= 4 is 11.9 Å². The second-order valence-electron chi connectivity index (χ2n) is 4.80. The van der Waals surface area contributed by atoms with E-state index in [1.807, 2.05) is 0 Å². The average Bonchev–Trinajstić information content (AvgIpc) is 2.09. The lowest BCUT2D eigenvalue weighted by Crippen LogP contribution is -2.29. The van der Waals surface area contributed by atoms with E-state index >= 15 is 0 Å². The van der Waals surface area contributed by atoms with Crippen molar-refractivity contribution in [2.45, 2.75) is 51.8 Å². The lowest BCUT2D eigenvalue weighted by Gasteiger charge is -2.19. The summed E-state index contributed by atoms with van der Waals surface area (Å²) in [7, 11) is 0. The van der Waals surface area contributed by atoms with Gasteiger partial charge in [-0.05, 0) is 20.8 Å². The summed E-state index contributed by atoms with van der Waals surface area (Å²) in [5.41, 5.74) is -0.635. The van der Waals surface area contributed by atoms with Crippen molar-refractivity contribution in [2.75, 3.05) is 6.54 Å². The van der Waals surface area contributed by atoms with Crippen molar-refractivity contribution in [1.29, 1.82) is 0 Å². The maximum absolute atomic E-state index is 11.8. The molecule has 7 heteroatoms. The van der Waals surface area contributed by atoms with Gasteiger partial charge in [0.1, 0.15) is 5.60 Å². The van der Waals surface area contributed by atoms with Gasteiger partial charge in [-0.1, -0.05) is 0 Å². The SMILES string of the molecule is CC(C)(C)OC(=O)CCC(=O)NCCC(F)(F)F. The topological polar surface area (TPSA) is 55.4 Å². The van der Waals surface area contributed by atoms with E-state index in [1.165, 1.54) is 0 Å². The molecule has 0 aliphatic carbocycles. The Labute approximate surface area is 104 Å². The van der Waals surface area contributed by atoms with Gasteiger partial charge in [0.2, 0.25) is 5.91 Å². The van der Waals surface area contributed by atoms with Gasteiger partial charge in [-0.15, -0.1) is 0 Å². The Morgan fingerprint density at radius 2 is 1.67 bits per heavy atom. The van der Waals surface area contributed by atoms with E-state index in [9.17, 15) is 22.8 Å². The zero-order chi connectivity index (χ0) is 14.4. The third-order valence-corrected chi connectivity index (χ3v) is 1.71. The molecule has 4 nitrogen and oxygen atoms in total. The minimum absolute atomic E-state index is 0.144. The normalized spacial score (nSPS) is 12.1. The molecule has 0 radical (unpaired) electrons. The van der Waals surface area contributed by atoms with Crippen LogP contribution in [0.4, 0.5) is 13.2 Å². The molecule has 106 valence electrons. The molecule has 0 aliphatic heterocycles. The monoisotopic (exact) mass is 269 g/mol. The number of carbonyl (C=O) groups is 2. The van der Waals surface area contributed by atoms with Crippen LogP contribution in [-0.4, -0.2) is 30.2 Å². The molecule has 0 heterocycles. The maximum Gasteiger partial charge on any atom is 0.390 e. The third-order valence-electron chi connectivity index (χ3n) is 1.71. The first-order chi connectivity index (χ1) is 7.99. The van der Waals surface area contributed by atoms with Crippen LogP contribution >= 0.6 is 0 Å². The fourth-order valence-corrected chi connectivity index (χ4v) is 1.04. The van der Waals surface area contributed by atoms with Crippen LogP contribution < -0.4 is 5.32 Å². The van der Waals surface area contributed by atoms with Crippen molar-refractivity contribution in [3.05, 3.63) is 0 Å². The summed E-state index contributed by atoms with van der Waals surface area (Å²) in [6.45, 7) is 4.59. The Morgan fingerprint density at radius 3 is 2.11 bits per heavy atom. The molecule has 0 unspecified atom stereocenters. The predicted molar refractivity (Wildman–Crippen MR) is 58.8 cm³/mol. The standard InChI is InChI=1S/C11H18F3NO3/c1-10(2,3)18-9(17)5-4-8(16)15-7-6-11(12,13)14/h4-7H2,1-3H3,(H,15,16). The lowest BCUT2D eigenvalue weighted by molar-refractivity contribution is -0.156. The quantitative estimate of drug-likeness (QED) is 0.778. The van der Waals surface area contributed by atoms with E-state index in [2.05, 4.69) is 5.32 Å². The van der Waals surface area contributed by atoms with Gasteiger partial charge >= 0.3 is 12.1 Å². The van der Waals surface area contributed by atoms with Gasteiger partial charge in [-0.3, -0.25) is 9.59 Å². The van der Waals surface area contributed by atoms with Crippen molar-refractivity contribution in [1.82, 2.24) is 5.32 Å². The van der Waals surface area contributed by atoms with Crippen LogP contribution in [0, 0.1) is 0 Å². The number of hydrogen-bond donors (Lipinski definition) is 1. The van der Waals surface area contributed by atoms with E-state index in [-0.39, 0.29) is 12.8 Å². The smallest absolute Gasteiger partial charge is 0.390 e. The number of hydrogen-bond acceptors (Lipinski definition) is 3. The number of esters is 1. The Balaban J connectivity index is 3.75. The molecule has 0 aromatic carbocycles. The Hall–Kier alpha value is -1.27. The number of carbonyl (C=O) groups excluding carboxylic acids is 2. The van der Waals surface area contributed by atoms with E-state index in [0.29, 0.717) is 0 Å². The van der Waals surface area contributed by atoms with Crippen LogP contribution in [0.25, 0.3) is 0 Å². The predicted octanol–water partition coefficient (Wildman–Crippen LogP) is 2.18. The zero-order valence-corrected chi connectivity index (χ0v) is 10.7.